The quantitative estimate of drug-likeness (QED) is 0.615. The first kappa shape index (κ1) is 14.3. The fourth-order valence-corrected chi connectivity index (χ4v) is 3.42. The van der Waals surface area contributed by atoms with Gasteiger partial charge in [-0.05, 0) is 30.4 Å². The fourth-order valence-electron chi connectivity index (χ4n) is 2.45. The van der Waals surface area contributed by atoms with Crippen molar-refractivity contribution in [2.75, 3.05) is 16.8 Å². The summed E-state index contributed by atoms with van der Waals surface area (Å²) in [5.74, 6) is -0.778. The van der Waals surface area contributed by atoms with Crippen LogP contribution in [0.4, 0.5) is 5.69 Å². The number of rotatable bonds is 5. The molecule has 0 saturated heterocycles. The molecule has 0 radical (unpaired) electrons. The number of halogens is 1. The molecule has 1 heterocycles. The van der Waals surface area contributed by atoms with Crippen molar-refractivity contribution in [3.8, 4) is 0 Å². The average molecular weight is 324 g/mol. The van der Waals surface area contributed by atoms with Crippen LogP contribution in [0.2, 0.25) is 0 Å². The highest BCUT2D eigenvalue weighted by Gasteiger charge is 2.39. The van der Waals surface area contributed by atoms with Crippen molar-refractivity contribution in [1.29, 1.82) is 0 Å². The first-order valence-corrected chi connectivity index (χ1v) is 7.72. The van der Waals surface area contributed by atoms with Crippen LogP contribution in [-0.2, 0) is 4.79 Å². The van der Waals surface area contributed by atoms with E-state index in [0.717, 1.165) is 23.9 Å². The number of para-hydroxylation sites is 1. The lowest BCUT2D eigenvalue weighted by molar-refractivity contribution is -0.114. The van der Waals surface area contributed by atoms with E-state index in [-0.39, 0.29) is 11.2 Å². The van der Waals surface area contributed by atoms with Crippen molar-refractivity contribution in [2.24, 2.45) is 5.41 Å². The summed E-state index contributed by atoms with van der Waals surface area (Å²) >= 11 is 3.55. The lowest BCUT2D eigenvalue weighted by Gasteiger charge is -2.34. The molecule has 4 heteroatoms. The Labute approximate surface area is 122 Å². The number of amides is 1. The molecule has 0 unspecified atom stereocenters. The maximum Gasteiger partial charge on any atom is 0.299 e. The monoisotopic (exact) mass is 323 g/mol. The summed E-state index contributed by atoms with van der Waals surface area (Å²) in [5, 5.41) is 0.827. The lowest BCUT2D eigenvalue weighted by Crippen LogP contribution is -2.41. The number of hydrogen-bond acceptors (Lipinski definition) is 2. The highest BCUT2D eigenvalue weighted by atomic mass is 79.9. The molecular weight excluding hydrogens is 306 g/mol. The standard InChI is InChI=1S/C15H18BrNO2/c1-3-15(4-2,9-16)10-17-12-8-6-5-7-11(12)13(18)14(17)19/h5-8H,3-4,9-10H2,1-2H3. The van der Waals surface area contributed by atoms with Gasteiger partial charge in [-0.25, -0.2) is 0 Å². The minimum absolute atomic E-state index is 0.0212. The lowest BCUT2D eigenvalue weighted by atomic mass is 9.84. The molecule has 0 spiro atoms. The first-order valence-electron chi connectivity index (χ1n) is 6.59. The van der Waals surface area contributed by atoms with Gasteiger partial charge in [0.25, 0.3) is 11.7 Å². The molecule has 102 valence electrons. The molecule has 2 rings (SSSR count). The Morgan fingerprint density at radius 3 is 2.37 bits per heavy atom. The number of hydrogen-bond donors (Lipinski definition) is 0. The number of anilines is 1. The van der Waals surface area contributed by atoms with Gasteiger partial charge in [-0.15, -0.1) is 0 Å². The van der Waals surface area contributed by atoms with E-state index >= 15 is 0 Å². The molecule has 1 aromatic rings. The number of Topliss-reactive ketones (excluding diaryl/α,β-unsaturated/α-hetero) is 1. The highest BCUT2D eigenvalue weighted by molar-refractivity contribution is 9.09. The fraction of sp³-hybridized carbons (Fsp3) is 0.467. The molecule has 0 aliphatic carbocycles. The zero-order chi connectivity index (χ0) is 14.0. The van der Waals surface area contributed by atoms with E-state index in [2.05, 4.69) is 29.8 Å². The minimum Gasteiger partial charge on any atom is -0.304 e. The van der Waals surface area contributed by atoms with Crippen LogP contribution in [-0.4, -0.2) is 23.6 Å². The Hall–Kier alpha value is -1.16. The zero-order valence-corrected chi connectivity index (χ0v) is 12.9. The van der Waals surface area contributed by atoms with E-state index in [1.807, 2.05) is 12.1 Å². The molecule has 0 bridgehead atoms. The predicted octanol–water partition coefficient (Wildman–Crippen LogP) is 3.42. The molecule has 19 heavy (non-hydrogen) atoms. The molecule has 0 saturated carbocycles. The van der Waals surface area contributed by atoms with Gasteiger partial charge in [0.1, 0.15) is 0 Å². The smallest absolute Gasteiger partial charge is 0.299 e. The van der Waals surface area contributed by atoms with Crippen LogP contribution in [0.25, 0.3) is 0 Å². The summed E-state index contributed by atoms with van der Waals surface area (Å²) in [7, 11) is 0. The minimum atomic E-state index is -0.395. The van der Waals surface area contributed by atoms with Crippen molar-refractivity contribution in [2.45, 2.75) is 26.7 Å². The van der Waals surface area contributed by atoms with E-state index < -0.39 is 5.91 Å². The van der Waals surface area contributed by atoms with Gasteiger partial charge < -0.3 is 4.90 Å². The predicted molar refractivity (Wildman–Crippen MR) is 79.9 cm³/mol. The zero-order valence-electron chi connectivity index (χ0n) is 11.3. The van der Waals surface area contributed by atoms with Gasteiger partial charge in [0, 0.05) is 11.9 Å². The summed E-state index contributed by atoms with van der Waals surface area (Å²) in [5.41, 5.74) is 1.31. The maximum atomic E-state index is 12.1. The third kappa shape index (κ3) is 2.34. The van der Waals surface area contributed by atoms with E-state index in [1.54, 1.807) is 17.0 Å². The number of alkyl halides is 1. The van der Waals surface area contributed by atoms with Crippen LogP contribution < -0.4 is 4.90 Å². The molecular formula is C15H18BrNO2. The highest BCUT2D eigenvalue weighted by Crippen LogP contribution is 2.36. The number of nitrogens with zero attached hydrogens (tertiary/aromatic N) is 1. The largest absolute Gasteiger partial charge is 0.304 e. The molecule has 0 aromatic heterocycles. The van der Waals surface area contributed by atoms with E-state index in [1.165, 1.54) is 0 Å². The molecule has 3 nitrogen and oxygen atoms in total. The van der Waals surface area contributed by atoms with Crippen LogP contribution in [0.5, 0.6) is 0 Å². The molecule has 0 fully saturated rings. The molecule has 0 atom stereocenters. The van der Waals surface area contributed by atoms with Crippen molar-refractivity contribution >= 4 is 33.3 Å². The molecule has 0 N–H and O–H groups in total. The first-order chi connectivity index (χ1) is 9.08. The summed E-state index contributed by atoms with van der Waals surface area (Å²) in [6, 6.07) is 7.24. The van der Waals surface area contributed by atoms with Crippen molar-refractivity contribution < 1.29 is 9.59 Å². The van der Waals surface area contributed by atoms with Crippen LogP contribution in [0.15, 0.2) is 24.3 Å². The summed E-state index contributed by atoms with van der Waals surface area (Å²) < 4.78 is 0. The molecule has 1 aliphatic rings. The third-order valence-corrected chi connectivity index (χ3v) is 5.35. The number of carbonyl (C=O) groups excluding carboxylic acids is 2. The van der Waals surface area contributed by atoms with Crippen molar-refractivity contribution in [1.82, 2.24) is 0 Å². The van der Waals surface area contributed by atoms with Crippen LogP contribution >= 0.6 is 15.9 Å². The number of fused-ring (bicyclic) bond motifs is 1. The third-order valence-electron chi connectivity index (χ3n) is 4.16. The second kappa shape index (κ2) is 5.45. The van der Waals surface area contributed by atoms with Gasteiger partial charge in [0.15, 0.2) is 0 Å². The topological polar surface area (TPSA) is 37.4 Å². The van der Waals surface area contributed by atoms with Crippen LogP contribution in [0.1, 0.15) is 37.0 Å². The second-order valence-corrected chi connectivity index (χ2v) is 5.64. The van der Waals surface area contributed by atoms with Gasteiger partial charge in [-0.1, -0.05) is 41.9 Å². The van der Waals surface area contributed by atoms with E-state index in [0.29, 0.717) is 12.1 Å². The number of ketones is 1. The van der Waals surface area contributed by atoms with E-state index in [4.69, 9.17) is 0 Å². The Morgan fingerprint density at radius 1 is 1.16 bits per heavy atom. The van der Waals surface area contributed by atoms with E-state index in [9.17, 15) is 9.59 Å². The van der Waals surface area contributed by atoms with Gasteiger partial charge in [-0.3, -0.25) is 9.59 Å². The average Bonchev–Trinajstić information content (AvgIpc) is 2.70. The van der Waals surface area contributed by atoms with Gasteiger partial charge >= 0.3 is 0 Å². The molecule has 1 amide bonds. The van der Waals surface area contributed by atoms with Crippen molar-refractivity contribution in [3.63, 3.8) is 0 Å². The Morgan fingerprint density at radius 2 is 1.79 bits per heavy atom. The van der Waals surface area contributed by atoms with Crippen LogP contribution in [0.3, 0.4) is 0 Å². The number of carbonyl (C=O) groups is 2. The van der Waals surface area contributed by atoms with Gasteiger partial charge in [0.05, 0.1) is 11.3 Å². The van der Waals surface area contributed by atoms with Crippen molar-refractivity contribution in [3.05, 3.63) is 29.8 Å². The summed E-state index contributed by atoms with van der Waals surface area (Å²) in [4.78, 5) is 25.7. The van der Waals surface area contributed by atoms with Gasteiger partial charge in [0.2, 0.25) is 0 Å². The summed E-state index contributed by atoms with van der Waals surface area (Å²) in [6.45, 7) is 4.84. The summed E-state index contributed by atoms with van der Waals surface area (Å²) in [6.07, 6.45) is 1.93. The van der Waals surface area contributed by atoms with Gasteiger partial charge in [-0.2, -0.15) is 0 Å². The normalized spacial score (nSPS) is 15.0. The molecule has 1 aromatic carbocycles. The SMILES string of the molecule is CCC(CC)(CBr)CN1C(=O)C(=O)c2ccccc21. The Kier molecular flexibility index (Phi) is 4.09. The molecule has 1 aliphatic heterocycles. The maximum absolute atomic E-state index is 12.1. The number of benzene rings is 1. The Balaban J connectivity index is 2.36. The Bertz CT molecular complexity index is 500. The second-order valence-electron chi connectivity index (χ2n) is 5.08. The van der Waals surface area contributed by atoms with Crippen LogP contribution in [0, 0.1) is 5.41 Å².